The molecule has 6 heteroatoms. The van der Waals surface area contributed by atoms with Crippen LogP contribution in [0.4, 0.5) is 13.2 Å². The van der Waals surface area contributed by atoms with Crippen LogP contribution in [0.15, 0.2) is 24.3 Å². The summed E-state index contributed by atoms with van der Waals surface area (Å²) in [5.74, 6) is 0. The summed E-state index contributed by atoms with van der Waals surface area (Å²) >= 11 is 0. The van der Waals surface area contributed by atoms with E-state index in [1.54, 1.807) is 0 Å². The SMILES string of the molecule is CC(C)N1CCP(=O)(c2ccc(C(F)(F)F)cc2)CC1. The van der Waals surface area contributed by atoms with Gasteiger partial charge in [-0.15, -0.1) is 0 Å². The second kappa shape index (κ2) is 5.53. The molecule has 0 bridgehead atoms. The number of alkyl halides is 3. The Balaban J connectivity index is 2.14. The van der Waals surface area contributed by atoms with Crippen LogP contribution < -0.4 is 5.30 Å². The first-order chi connectivity index (χ1) is 9.22. The molecular weight excluding hydrogens is 286 g/mol. The van der Waals surface area contributed by atoms with Crippen molar-refractivity contribution in [3.63, 3.8) is 0 Å². The van der Waals surface area contributed by atoms with E-state index in [0.717, 1.165) is 25.2 Å². The third-order valence-electron chi connectivity index (χ3n) is 3.89. The number of benzene rings is 1. The monoisotopic (exact) mass is 305 g/mol. The third kappa shape index (κ3) is 3.26. The Hall–Kier alpha value is -0.800. The third-order valence-corrected chi connectivity index (χ3v) is 6.98. The first-order valence-corrected chi connectivity index (χ1v) is 8.80. The van der Waals surface area contributed by atoms with Crippen LogP contribution in [-0.4, -0.2) is 36.4 Å². The van der Waals surface area contributed by atoms with Gasteiger partial charge in [0.2, 0.25) is 0 Å². The Bertz CT molecular complexity index is 498. The standard InChI is InChI=1S/C14H19F3NOP/c1-11(2)18-7-9-20(19,10-8-18)13-5-3-12(4-6-13)14(15,16)17/h3-6,11H,7-10H2,1-2H3. The molecule has 1 aromatic carbocycles. The predicted octanol–water partition coefficient (Wildman–Crippen LogP) is 3.42. The highest BCUT2D eigenvalue weighted by Crippen LogP contribution is 2.46. The van der Waals surface area contributed by atoms with Crippen LogP contribution in [0.2, 0.25) is 0 Å². The maximum atomic E-state index is 12.9. The minimum absolute atomic E-state index is 0.413. The highest BCUT2D eigenvalue weighted by molar-refractivity contribution is 7.71. The number of hydrogen-bond acceptors (Lipinski definition) is 2. The quantitative estimate of drug-likeness (QED) is 0.780. The molecule has 0 saturated carbocycles. The van der Waals surface area contributed by atoms with E-state index in [9.17, 15) is 17.7 Å². The van der Waals surface area contributed by atoms with Crippen molar-refractivity contribution >= 4 is 12.4 Å². The molecule has 1 aliphatic rings. The second-order valence-electron chi connectivity index (χ2n) is 5.51. The molecule has 20 heavy (non-hydrogen) atoms. The maximum Gasteiger partial charge on any atom is 0.416 e. The summed E-state index contributed by atoms with van der Waals surface area (Å²) in [6.07, 6.45) is -3.24. The average molecular weight is 305 g/mol. The summed E-state index contributed by atoms with van der Waals surface area (Å²) < 4.78 is 50.4. The van der Waals surface area contributed by atoms with Crippen LogP contribution in [0.25, 0.3) is 0 Å². The van der Waals surface area contributed by atoms with Crippen molar-refractivity contribution in [3.8, 4) is 0 Å². The molecule has 2 nitrogen and oxygen atoms in total. The van der Waals surface area contributed by atoms with E-state index in [4.69, 9.17) is 0 Å². The summed E-state index contributed by atoms with van der Waals surface area (Å²) in [6, 6.07) is 5.24. The zero-order valence-corrected chi connectivity index (χ0v) is 12.5. The minimum Gasteiger partial charge on any atom is -0.319 e. The number of rotatable bonds is 2. The Morgan fingerprint density at radius 3 is 2.00 bits per heavy atom. The van der Waals surface area contributed by atoms with Crippen molar-refractivity contribution in [1.82, 2.24) is 4.90 Å². The molecule has 1 fully saturated rings. The molecular formula is C14H19F3NOP. The summed E-state index contributed by atoms with van der Waals surface area (Å²) in [4.78, 5) is 2.25. The number of nitrogens with zero attached hydrogens (tertiary/aromatic N) is 1. The van der Waals surface area contributed by atoms with Crippen molar-refractivity contribution in [2.24, 2.45) is 0 Å². The van der Waals surface area contributed by atoms with Crippen LogP contribution in [0.5, 0.6) is 0 Å². The van der Waals surface area contributed by atoms with E-state index in [2.05, 4.69) is 18.7 Å². The van der Waals surface area contributed by atoms with Gasteiger partial charge in [0.1, 0.15) is 7.14 Å². The van der Waals surface area contributed by atoms with Gasteiger partial charge in [-0.3, -0.25) is 4.90 Å². The van der Waals surface area contributed by atoms with Crippen molar-refractivity contribution < 1.29 is 17.7 Å². The van der Waals surface area contributed by atoms with Crippen LogP contribution in [0.1, 0.15) is 19.4 Å². The molecule has 0 N–H and O–H groups in total. The molecule has 1 aliphatic heterocycles. The Morgan fingerprint density at radius 2 is 1.60 bits per heavy atom. The second-order valence-corrected chi connectivity index (χ2v) is 8.70. The molecule has 0 atom stereocenters. The van der Waals surface area contributed by atoms with E-state index in [1.165, 1.54) is 12.1 Å². The molecule has 112 valence electrons. The van der Waals surface area contributed by atoms with Gasteiger partial charge in [-0.2, -0.15) is 13.2 Å². The first-order valence-electron chi connectivity index (χ1n) is 6.72. The molecule has 0 radical (unpaired) electrons. The van der Waals surface area contributed by atoms with Gasteiger partial charge in [-0.25, -0.2) is 0 Å². The molecule has 1 heterocycles. The van der Waals surface area contributed by atoms with E-state index < -0.39 is 18.9 Å². The highest BCUT2D eigenvalue weighted by Gasteiger charge is 2.33. The fourth-order valence-electron chi connectivity index (χ4n) is 2.50. The lowest BCUT2D eigenvalue weighted by molar-refractivity contribution is -0.137. The molecule has 1 aromatic rings. The molecule has 0 aromatic heterocycles. The zero-order valence-electron chi connectivity index (χ0n) is 11.7. The van der Waals surface area contributed by atoms with Gasteiger partial charge in [-0.05, 0) is 26.0 Å². The molecule has 2 rings (SSSR count). The number of hydrogen-bond donors (Lipinski definition) is 0. The van der Waals surface area contributed by atoms with Gasteiger partial charge < -0.3 is 4.57 Å². The molecule has 1 saturated heterocycles. The van der Waals surface area contributed by atoms with Crippen molar-refractivity contribution in [2.75, 3.05) is 25.4 Å². The Kier molecular flexibility index (Phi) is 4.31. The van der Waals surface area contributed by atoms with Gasteiger partial charge in [0, 0.05) is 36.8 Å². The van der Waals surface area contributed by atoms with Crippen LogP contribution >= 0.6 is 7.14 Å². The van der Waals surface area contributed by atoms with Crippen molar-refractivity contribution in [3.05, 3.63) is 29.8 Å². The normalized spacial score (nSPS) is 20.3. The summed E-state index contributed by atoms with van der Waals surface area (Å²) in [5.41, 5.74) is -0.686. The van der Waals surface area contributed by atoms with Gasteiger partial charge >= 0.3 is 6.18 Å². The Labute approximate surface area is 117 Å². The lowest BCUT2D eigenvalue weighted by atomic mass is 10.2. The van der Waals surface area contributed by atoms with Gasteiger partial charge in [0.25, 0.3) is 0 Å². The van der Waals surface area contributed by atoms with Crippen LogP contribution in [0.3, 0.4) is 0 Å². The fourth-order valence-corrected chi connectivity index (χ4v) is 5.09. The summed E-state index contributed by atoms with van der Waals surface area (Å²) in [6.45, 7) is 5.68. The highest BCUT2D eigenvalue weighted by atomic mass is 31.2. The van der Waals surface area contributed by atoms with Gasteiger partial charge in [0.15, 0.2) is 0 Å². The lowest BCUT2D eigenvalue weighted by Gasteiger charge is -2.35. The molecule has 0 spiro atoms. The van der Waals surface area contributed by atoms with Crippen LogP contribution in [0, 0.1) is 0 Å². The fraction of sp³-hybridized carbons (Fsp3) is 0.571. The summed E-state index contributed by atoms with van der Waals surface area (Å²) in [5, 5.41) is 0.578. The van der Waals surface area contributed by atoms with Crippen molar-refractivity contribution in [1.29, 1.82) is 0 Å². The smallest absolute Gasteiger partial charge is 0.319 e. The summed E-state index contributed by atoms with van der Waals surface area (Å²) in [7, 11) is -2.52. The van der Waals surface area contributed by atoms with Crippen LogP contribution in [-0.2, 0) is 10.7 Å². The maximum absolute atomic E-state index is 12.9. The van der Waals surface area contributed by atoms with Gasteiger partial charge in [-0.1, -0.05) is 12.1 Å². The average Bonchev–Trinajstić information content (AvgIpc) is 2.38. The largest absolute Gasteiger partial charge is 0.416 e. The van der Waals surface area contributed by atoms with E-state index in [0.29, 0.717) is 23.7 Å². The topological polar surface area (TPSA) is 20.3 Å². The Morgan fingerprint density at radius 1 is 1.10 bits per heavy atom. The minimum atomic E-state index is -4.34. The zero-order chi connectivity index (χ0) is 15.0. The predicted molar refractivity (Wildman–Crippen MR) is 75.1 cm³/mol. The van der Waals surface area contributed by atoms with Crippen molar-refractivity contribution in [2.45, 2.75) is 26.1 Å². The van der Waals surface area contributed by atoms with E-state index in [-0.39, 0.29) is 0 Å². The molecule has 0 amide bonds. The molecule has 0 aliphatic carbocycles. The first kappa shape index (κ1) is 15.6. The number of halogens is 3. The lowest BCUT2D eigenvalue weighted by Crippen LogP contribution is -2.41. The molecule has 0 unspecified atom stereocenters. The van der Waals surface area contributed by atoms with E-state index >= 15 is 0 Å². The van der Waals surface area contributed by atoms with E-state index in [1.807, 2.05) is 0 Å². The van der Waals surface area contributed by atoms with Gasteiger partial charge in [0.05, 0.1) is 5.56 Å².